The summed E-state index contributed by atoms with van der Waals surface area (Å²) in [6.45, 7) is 4.74. The molecule has 2 saturated heterocycles. The summed E-state index contributed by atoms with van der Waals surface area (Å²) in [5.74, 6) is 0.350. The third-order valence-electron chi connectivity index (χ3n) is 5.63. The number of ether oxygens (including phenoxy) is 1. The van der Waals surface area contributed by atoms with Crippen molar-refractivity contribution < 1.29 is 24.9 Å². The molecule has 9 heteroatoms. The third kappa shape index (κ3) is 5.29. The number of aliphatic hydroxyl groups is 3. The minimum absolute atomic E-state index is 0.147. The summed E-state index contributed by atoms with van der Waals surface area (Å²) in [6.07, 6.45) is -0.0980. The van der Waals surface area contributed by atoms with Gasteiger partial charge in [0.1, 0.15) is 29.9 Å². The zero-order valence-corrected chi connectivity index (χ0v) is 18.0. The first kappa shape index (κ1) is 23.2. The highest BCUT2D eigenvalue weighted by Gasteiger charge is 2.48. The predicted octanol–water partition coefficient (Wildman–Crippen LogP) is 0.390. The Labute approximate surface area is 170 Å². The number of hydrogen-bond acceptors (Lipinski definition) is 7. The van der Waals surface area contributed by atoms with Crippen LogP contribution in [-0.4, -0.2) is 93.3 Å². The van der Waals surface area contributed by atoms with E-state index in [2.05, 4.69) is 12.2 Å². The molecule has 27 heavy (non-hydrogen) atoms. The van der Waals surface area contributed by atoms with Gasteiger partial charge in [-0.2, -0.15) is 0 Å². The van der Waals surface area contributed by atoms with Crippen LogP contribution in [0, 0.1) is 5.92 Å². The molecule has 9 atom stereocenters. The average molecular weight is 425 g/mol. The van der Waals surface area contributed by atoms with Gasteiger partial charge in [0.15, 0.2) is 0 Å². The minimum Gasteiger partial charge on any atom is -0.388 e. The molecule has 2 rings (SSSR count). The van der Waals surface area contributed by atoms with Crippen LogP contribution in [0.1, 0.15) is 33.1 Å². The van der Waals surface area contributed by atoms with E-state index >= 15 is 0 Å². The summed E-state index contributed by atoms with van der Waals surface area (Å²) in [7, 11) is 1.94. The van der Waals surface area contributed by atoms with Crippen LogP contribution >= 0.6 is 23.4 Å². The number of hydrogen-bond donors (Lipinski definition) is 4. The first-order chi connectivity index (χ1) is 12.7. The largest absolute Gasteiger partial charge is 0.388 e. The van der Waals surface area contributed by atoms with Crippen molar-refractivity contribution in [1.29, 1.82) is 0 Å². The summed E-state index contributed by atoms with van der Waals surface area (Å²) in [4.78, 5) is 14.9. The number of nitrogens with zero attached hydrogens (tertiary/aromatic N) is 1. The monoisotopic (exact) mass is 424 g/mol. The second-order valence-electron chi connectivity index (χ2n) is 7.73. The van der Waals surface area contributed by atoms with Gasteiger partial charge in [-0.25, -0.2) is 0 Å². The molecular formula is C18H33ClN2O5S. The molecule has 0 saturated carbocycles. The van der Waals surface area contributed by atoms with Crippen LogP contribution in [0.2, 0.25) is 0 Å². The number of thioether (sulfide) groups is 1. The number of carbonyl (C=O) groups excluding carboxylic acids is 1. The SMILES string of the molecule is CCC[C@H]1C[C@H](C(=O)N[C@@H]([C@@H]2O[C@@H](SC)[C@@H](O)[C@@H](O)[C@H]2O)[C@H](C)Cl)N(C)C1. The maximum absolute atomic E-state index is 12.9. The van der Waals surface area contributed by atoms with Crippen LogP contribution in [0.15, 0.2) is 0 Å². The Morgan fingerprint density at radius 1 is 1.33 bits per heavy atom. The van der Waals surface area contributed by atoms with Crippen molar-refractivity contribution in [2.75, 3.05) is 19.8 Å². The number of alkyl halides is 1. The summed E-state index contributed by atoms with van der Waals surface area (Å²) in [5, 5.41) is 33.0. The van der Waals surface area contributed by atoms with Gasteiger partial charge in [-0.1, -0.05) is 13.3 Å². The fourth-order valence-corrected chi connectivity index (χ4v) is 5.00. The highest BCUT2D eigenvalue weighted by Crippen LogP contribution is 2.31. The van der Waals surface area contributed by atoms with Gasteiger partial charge in [-0.05, 0) is 39.0 Å². The third-order valence-corrected chi connectivity index (χ3v) is 6.76. The molecule has 2 aliphatic rings. The number of likely N-dealkylation sites (tertiary alicyclic amines) is 1. The molecule has 0 aromatic heterocycles. The van der Waals surface area contributed by atoms with Crippen LogP contribution in [0.3, 0.4) is 0 Å². The molecule has 0 aromatic rings. The normalized spacial score (nSPS) is 39.9. The van der Waals surface area contributed by atoms with Gasteiger partial charge in [0, 0.05) is 6.54 Å². The topological polar surface area (TPSA) is 102 Å². The lowest BCUT2D eigenvalue weighted by Crippen LogP contribution is -2.65. The molecule has 0 spiro atoms. The van der Waals surface area contributed by atoms with E-state index in [1.54, 1.807) is 13.2 Å². The summed E-state index contributed by atoms with van der Waals surface area (Å²) < 4.78 is 5.79. The number of amides is 1. The minimum atomic E-state index is -1.36. The maximum Gasteiger partial charge on any atom is 0.237 e. The zero-order chi connectivity index (χ0) is 20.3. The van der Waals surface area contributed by atoms with E-state index in [1.165, 1.54) is 11.8 Å². The highest BCUT2D eigenvalue weighted by atomic mass is 35.5. The quantitative estimate of drug-likeness (QED) is 0.438. The summed E-state index contributed by atoms with van der Waals surface area (Å²) >= 11 is 7.55. The Morgan fingerprint density at radius 2 is 2.00 bits per heavy atom. The van der Waals surface area contributed by atoms with E-state index in [-0.39, 0.29) is 11.9 Å². The van der Waals surface area contributed by atoms with Crippen LogP contribution in [0.5, 0.6) is 0 Å². The van der Waals surface area contributed by atoms with E-state index in [0.717, 1.165) is 25.8 Å². The Kier molecular flexibility index (Phi) is 8.67. The van der Waals surface area contributed by atoms with Crippen molar-refractivity contribution in [1.82, 2.24) is 10.2 Å². The summed E-state index contributed by atoms with van der Waals surface area (Å²) in [6, 6.07) is -0.934. The Bertz CT molecular complexity index is 498. The molecule has 1 amide bonds. The molecule has 2 fully saturated rings. The molecular weight excluding hydrogens is 392 g/mol. The first-order valence-corrected chi connectivity index (χ1v) is 11.3. The van der Waals surface area contributed by atoms with Crippen molar-refractivity contribution in [2.45, 2.75) is 80.4 Å². The van der Waals surface area contributed by atoms with Crippen molar-refractivity contribution in [2.24, 2.45) is 5.92 Å². The van der Waals surface area contributed by atoms with E-state index in [9.17, 15) is 20.1 Å². The lowest BCUT2D eigenvalue weighted by atomic mass is 9.92. The van der Waals surface area contributed by atoms with Crippen LogP contribution in [0.25, 0.3) is 0 Å². The number of likely N-dealkylation sites (N-methyl/N-ethyl adjacent to an activating group) is 1. The standard InChI is InChI=1S/C18H33ClN2O5S/c1-5-6-10-7-11(21(3)8-10)17(25)20-12(9(2)19)16-14(23)13(22)15(24)18(26-16)27-4/h9-16,18,22-24H,5-8H2,1-4H3,(H,20,25)/t9-,10-,11+,12+,13-,14+,15-,16-,18-/m0/s1. The van der Waals surface area contributed by atoms with E-state index in [1.807, 2.05) is 11.9 Å². The van der Waals surface area contributed by atoms with E-state index < -0.39 is 41.3 Å². The molecule has 0 aromatic carbocycles. The zero-order valence-electron chi connectivity index (χ0n) is 16.4. The lowest BCUT2D eigenvalue weighted by Gasteiger charge is -2.44. The number of carbonyl (C=O) groups is 1. The maximum atomic E-state index is 12.9. The Hall–Kier alpha value is -0.0900. The number of rotatable bonds is 7. The van der Waals surface area contributed by atoms with Crippen molar-refractivity contribution in [3.05, 3.63) is 0 Å². The Morgan fingerprint density at radius 3 is 2.56 bits per heavy atom. The van der Waals surface area contributed by atoms with Crippen LogP contribution < -0.4 is 5.32 Å². The highest BCUT2D eigenvalue weighted by molar-refractivity contribution is 7.99. The molecule has 0 aliphatic carbocycles. The molecule has 0 radical (unpaired) electrons. The second-order valence-corrected chi connectivity index (χ2v) is 9.36. The molecule has 2 aliphatic heterocycles. The number of halogens is 1. The molecule has 0 bridgehead atoms. The fraction of sp³-hybridized carbons (Fsp3) is 0.944. The van der Waals surface area contributed by atoms with Gasteiger partial charge in [0.05, 0.1) is 17.5 Å². The summed E-state index contributed by atoms with van der Waals surface area (Å²) in [5.41, 5.74) is -0.702. The van der Waals surface area contributed by atoms with Gasteiger partial charge in [0.25, 0.3) is 0 Å². The van der Waals surface area contributed by atoms with Crippen molar-refractivity contribution in [3.63, 3.8) is 0 Å². The van der Waals surface area contributed by atoms with E-state index in [4.69, 9.17) is 16.3 Å². The lowest BCUT2D eigenvalue weighted by molar-refractivity contribution is -0.205. The van der Waals surface area contributed by atoms with Gasteiger partial charge >= 0.3 is 0 Å². The van der Waals surface area contributed by atoms with Crippen molar-refractivity contribution >= 4 is 29.3 Å². The number of nitrogens with one attached hydrogen (secondary N) is 1. The average Bonchev–Trinajstić information content (AvgIpc) is 2.99. The predicted molar refractivity (Wildman–Crippen MR) is 107 cm³/mol. The first-order valence-electron chi connectivity index (χ1n) is 9.58. The molecule has 158 valence electrons. The van der Waals surface area contributed by atoms with Gasteiger partial charge in [0.2, 0.25) is 5.91 Å². The molecule has 0 unspecified atom stereocenters. The van der Waals surface area contributed by atoms with Gasteiger partial charge in [-0.15, -0.1) is 23.4 Å². The molecule has 4 N–H and O–H groups in total. The Balaban J connectivity index is 2.09. The smallest absolute Gasteiger partial charge is 0.237 e. The van der Waals surface area contributed by atoms with Gasteiger partial charge in [-0.3, -0.25) is 9.69 Å². The molecule has 2 heterocycles. The second kappa shape index (κ2) is 10.1. The fourth-order valence-electron chi connectivity index (χ4n) is 4.11. The van der Waals surface area contributed by atoms with E-state index in [0.29, 0.717) is 5.92 Å². The number of aliphatic hydroxyl groups excluding tert-OH is 3. The van der Waals surface area contributed by atoms with Crippen LogP contribution in [-0.2, 0) is 9.53 Å². The van der Waals surface area contributed by atoms with Crippen LogP contribution in [0.4, 0.5) is 0 Å². The molecule has 7 nitrogen and oxygen atoms in total. The van der Waals surface area contributed by atoms with Gasteiger partial charge < -0.3 is 25.4 Å². The van der Waals surface area contributed by atoms with Crippen molar-refractivity contribution in [3.8, 4) is 0 Å².